The van der Waals surface area contributed by atoms with Gasteiger partial charge in [0.1, 0.15) is 10.0 Å². The molecule has 0 saturated heterocycles. The van der Waals surface area contributed by atoms with E-state index in [9.17, 15) is 0 Å². The normalized spacial score (nSPS) is 11.1. The van der Waals surface area contributed by atoms with Crippen LogP contribution in [0.25, 0.3) is 11.0 Å². The highest BCUT2D eigenvalue weighted by Crippen LogP contribution is 2.32. The number of nitrogen functional groups attached to an aromatic ring is 1. The molecule has 0 aliphatic rings. The fraction of sp³-hybridized carbons (Fsp3) is 0.125. The van der Waals surface area contributed by atoms with Crippen molar-refractivity contribution in [2.24, 2.45) is 0 Å². The molecule has 7 nitrogen and oxygen atoms in total. The van der Waals surface area contributed by atoms with E-state index in [4.69, 9.17) is 5.73 Å². The summed E-state index contributed by atoms with van der Waals surface area (Å²) in [5, 5.41) is 17.1. The molecule has 0 unspecified atom stereocenters. The van der Waals surface area contributed by atoms with Gasteiger partial charge in [0, 0.05) is 0 Å². The maximum Gasteiger partial charge on any atom is 0.223 e. The predicted octanol–water partition coefficient (Wildman–Crippen LogP) is 1.25. The molecule has 9 heteroatoms. The molecule has 0 aromatic carbocycles. The van der Waals surface area contributed by atoms with Gasteiger partial charge < -0.3 is 5.73 Å². The molecule has 0 spiro atoms. The van der Waals surface area contributed by atoms with E-state index in [0.29, 0.717) is 5.65 Å². The molecule has 0 bridgehead atoms. The van der Waals surface area contributed by atoms with Gasteiger partial charge in [-0.3, -0.25) is 5.10 Å². The van der Waals surface area contributed by atoms with Crippen LogP contribution in [0.15, 0.2) is 15.6 Å². The van der Waals surface area contributed by atoms with Crippen LogP contribution in [0.3, 0.4) is 0 Å². The summed E-state index contributed by atoms with van der Waals surface area (Å²) in [6, 6.07) is 0. The molecule has 3 heterocycles. The zero-order valence-corrected chi connectivity index (χ0v) is 10.3. The third-order valence-corrected chi connectivity index (χ3v) is 3.88. The van der Waals surface area contributed by atoms with Crippen LogP contribution in [0, 0.1) is 6.92 Å². The van der Waals surface area contributed by atoms with E-state index < -0.39 is 0 Å². The van der Waals surface area contributed by atoms with E-state index >= 15 is 0 Å². The minimum Gasteiger partial charge on any atom is -0.368 e. The molecule has 0 radical (unpaired) electrons. The number of anilines is 1. The van der Waals surface area contributed by atoms with Crippen molar-refractivity contribution in [2.45, 2.75) is 16.3 Å². The van der Waals surface area contributed by atoms with Crippen LogP contribution in [0.1, 0.15) is 5.01 Å². The van der Waals surface area contributed by atoms with Crippen LogP contribution < -0.4 is 5.73 Å². The molecule has 0 saturated carbocycles. The number of nitrogens with zero attached hydrogens (tertiary/aromatic N) is 5. The van der Waals surface area contributed by atoms with Crippen molar-refractivity contribution in [3.63, 3.8) is 0 Å². The van der Waals surface area contributed by atoms with Gasteiger partial charge in [-0.1, -0.05) is 11.3 Å². The standard InChI is InChI=1S/C8H7N7S2/c1-3-13-15-8(16-3)17-6-4-2-10-14-5(4)11-7(9)12-6/h2H,1H3,(H3,9,10,11,12,14). The minimum absolute atomic E-state index is 0.213. The maximum absolute atomic E-state index is 5.63. The van der Waals surface area contributed by atoms with Gasteiger partial charge in [0.15, 0.2) is 9.99 Å². The van der Waals surface area contributed by atoms with Gasteiger partial charge in [0.2, 0.25) is 5.95 Å². The molecule has 86 valence electrons. The zero-order chi connectivity index (χ0) is 11.8. The second-order valence-electron chi connectivity index (χ2n) is 3.21. The molecule has 0 amide bonds. The number of fused-ring (bicyclic) bond motifs is 1. The Morgan fingerprint density at radius 3 is 3.00 bits per heavy atom. The van der Waals surface area contributed by atoms with Gasteiger partial charge in [-0.15, -0.1) is 10.2 Å². The average Bonchev–Trinajstić information content (AvgIpc) is 2.87. The summed E-state index contributed by atoms with van der Waals surface area (Å²) in [4.78, 5) is 8.23. The van der Waals surface area contributed by atoms with Crippen molar-refractivity contribution in [1.82, 2.24) is 30.4 Å². The average molecular weight is 265 g/mol. The summed E-state index contributed by atoms with van der Waals surface area (Å²) in [6.45, 7) is 1.91. The summed E-state index contributed by atoms with van der Waals surface area (Å²) >= 11 is 2.92. The topological polar surface area (TPSA) is 106 Å². The van der Waals surface area contributed by atoms with Crippen molar-refractivity contribution in [2.75, 3.05) is 5.73 Å². The molecule has 3 aromatic heterocycles. The Balaban J connectivity index is 2.07. The lowest BCUT2D eigenvalue weighted by Crippen LogP contribution is -1.96. The third kappa shape index (κ3) is 1.94. The fourth-order valence-corrected chi connectivity index (χ4v) is 3.13. The lowest BCUT2D eigenvalue weighted by molar-refractivity contribution is 0.981. The second kappa shape index (κ2) is 3.93. The Morgan fingerprint density at radius 1 is 1.35 bits per heavy atom. The number of aromatic nitrogens is 6. The largest absolute Gasteiger partial charge is 0.368 e. The van der Waals surface area contributed by atoms with Crippen molar-refractivity contribution >= 4 is 40.1 Å². The molecule has 17 heavy (non-hydrogen) atoms. The molecule has 0 atom stereocenters. The van der Waals surface area contributed by atoms with E-state index in [1.54, 1.807) is 6.20 Å². The van der Waals surface area contributed by atoms with Gasteiger partial charge in [-0.25, -0.2) is 4.98 Å². The van der Waals surface area contributed by atoms with Gasteiger partial charge >= 0.3 is 0 Å². The van der Waals surface area contributed by atoms with E-state index in [1.165, 1.54) is 23.1 Å². The van der Waals surface area contributed by atoms with Crippen molar-refractivity contribution in [3.8, 4) is 0 Å². The Bertz CT molecular complexity index is 673. The van der Waals surface area contributed by atoms with Gasteiger partial charge in [0.25, 0.3) is 0 Å². The lowest BCUT2D eigenvalue weighted by Gasteiger charge is -1.99. The van der Waals surface area contributed by atoms with Crippen molar-refractivity contribution in [3.05, 3.63) is 11.2 Å². The van der Waals surface area contributed by atoms with Gasteiger partial charge in [0.05, 0.1) is 11.6 Å². The number of rotatable bonds is 2. The zero-order valence-electron chi connectivity index (χ0n) is 8.71. The summed E-state index contributed by atoms with van der Waals surface area (Å²) in [5.74, 6) is 0.213. The molecule has 0 aliphatic carbocycles. The van der Waals surface area contributed by atoms with Crippen LogP contribution in [0.4, 0.5) is 5.95 Å². The SMILES string of the molecule is Cc1nnc(Sc2nc(N)nc3[nH]ncc23)s1. The number of hydrogen-bond acceptors (Lipinski definition) is 8. The van der Waals surface area contributed by atoms with Crippen molar-refractivity contribution < 1.29 is 0 Å². The Hall–Kier alpha value is -1.74. The highest BCUT2D eigenvalue weighted by molar-refractivity contribution is 8.01. The van der Waals surface area contributed by atoms with Crippen LogP contribution >= 0.6 is 23.1 Å². The summed E-state index contributed by atoms with van der Waals surface area (Å²) in [7, 11) is 0. The first-order chi connectivity index (χ1) is 8.22. The molecule has 0 aliphatic heterocycles. The number of hydrogen-bond donors (Lipinski definition) is 2. The van der Waals surface area contributed by atoms with Crippen LogP contribution in [-0.2, 0) is 0 Å². The lowest BCUT2D eigenvalue weighted by atomic mass is 10.4. The third-order valence-electron chi connectivity index (χ3n) is 1.98. The summed E-state index contributed by atoms with van der Waals surface area (Å²) in [6.07, 6.45) is 1.67. The molecule has 0 fully saturated rings. The number of aryl methyl sites for hydroxylation is 1. The number of nitrogens with one attached hydrogen (secondary N) is 1. The van der Waals surface area contributed by atoms with E-state index in [0.717, 1.165) is 19.8 Å². The van der Waals surface area contributed by atoms with Crippen LogP contribution in [0.2, 0.25) is 0 Å². The maximum atomic E-state index is 5.63. The summed E-state index contributed by atoms with van der Waals surface area (Å²) in [5.41, 5.74) is 6.25. The smallest absolute Gasteiger partial charge is 0.223 e. The second-order valence-corrected chi connectivity index (χ2v) is 5.63. The highest BCUT2D eigenvalue weighted by Gasteiger charge is 2.11. The van der Waals surface area contributed by atoms with Gasteiger partial charge in [-0.05, 0) is 18.7 Å². The molecule has 3 N–H and O–H groups in total. The molecule has 3 aromatic rings. The molecular formula is C8H7N7S2. The number of H-pyrrole nitrogens is 1. The first-order valence-electron chi connectivity index (χ1n) is 4.67. The summed E-state index contributed by atoms with van der Waals surface area (Å²) < 4.78 is 0.822. The Morgan fingerprint density at radius 2 is 2.24 bits per heavy atom. The van der Waals surface area contributed by atoms with Gasteiger partial charge in [-0.2, -0.15) is 10.1 Å². The number of aromatic amines is 1. The van der Waals surface area contributed by atoms with E-state index in [-0.39, 0.29) is 5.95 Å². The fourth-order valence-electron chi connectivity index (χ4n) is 1.31. The van der Waals surface area contributed by atoms with Crippen LogP contribution in [0.5, 0.6) is 0 Å². The van der Waals surface area contributed by atoms with E-state index in [1.807, 2.05) is 6.92 Å². The first kappa shape index (κ1) is 10.4. The Kier molecular flexibility index (Phi) is 2.41. The quantitative estimate of drug-likeness (QED) is 0.671. The monoisotopic (exact) mass is 265 g/mol. The molecule has 3 rings (SSSR count). The van der Waals surface area contributed by atoms with Crippen molar-refractivity contribution in [1.29, 1.82) is 0 Å². The highest BCUT2D eigenvalue weighted by atomic mass is 32.2. The van der Waals surface area contributed by atoms with E-state index in [2.05, 4.69) is 30.4 Å². The first-order valence-corrected chi connectivity index (χ1v) is 6.30. The minimum atomic E-state index is 0.213. The predicted molar refractivity (Wildman–Crippen MR) is 64.9 cm³/mol. The molecular weight excluding hydrogens is 258 g/mol. The Labute approximate surface area is 104 Å². The van der Waals surface area contributed by atoms with Crippen LogP contribution in [-0.4, -0.2) is 30.4 Å². The number of nitrogens with two attached hydrogens (primary N) is 1.